The minimum Gasteiger partial charge on any atom is -0.441 e. The fourth-order valence-electron chi connectivity index (χ4n) is 17.3. The van der Waals surface area contributed by atoms with E-state index in [4.69, 9.17) is 68.1 Å². The van der Waals surface area contributed by atoms with Crippen LogP contribution in [0, 0.1) is 29.6 Å². The van der Waals surface area contributed by atoms with Crippen molar-refractivity contribution in [3.63, 3.8) is 0 Å². The molecule has 0 saturated carbocycles. The summed E-state index contributed by atoms with van der Waals surface area (Å²) in [5.74, 6) is -6.89. The maximum absolute atomic E-state index is 15.3. The molecule has 48 heteroatoms. The molecule has 0 radical (unpaired) electrons. The first-order chi connectivity index (χ1) is 71.1. The Bertz CT molecular complexity index is 4370. The van der Waals surface area contributed by atoms with Gasteiger partial charge in [-0.15, -0.1) is 5.10 Å². The van der Waals surface area contributed by atoms with E-state index in [1.54, 1.807) is 121 Å². The van der Waals surface area contributed by atoms with Crippen molar-refractivity contribution < 1.29 is 161 Å². The number of hydrogen-bond acceptors (Lipinski definition) is 36. The first kappa shape index (κ1) is 130. The van der Waals surface area contributed by atoms with E-state index in [1.807, 2.05) is 19.9 Å². The maximum Gasteiger partial charge on any atom is 0.410 e. The minimum absolute atomic E-state index is 0.00575. The number of methoxy groups -OCH3 is 2. The van der Waals surface area contributed by atoms with Crippen LogP contribution in [0.3, 0.4) is 0 Å². The highest BCUT2D eigenvalue weighted by Crippen LogP contribution is 2.33. The van der Waals surface area contributed by atoms with Crippen molar-refractivity contribution in [2.24, 2.45) is 35.3 Å². The highest BCUT2D eigenvalue weighted by molar-refractivity contribution is 6.12. The van der Waals surface area contributed by atoms with Crippen LogP contribution >= 0.6 is 0 Å². The van der Waals surface area contributed by atoms with Gasteiger partial charge in [-0.3, -0.25) is 57.9 Å². The number of primary amides is 1. The van der Waals surface area contributed by atoms with E-state index in [0.717, 1.165) is 9.80 Å². The van der Waals surface area contributed by atoms with Crippen LogP contribution < -0.4 is 37.6 Å². The Morgan fingerprint density at radius 3 is 1.57 bits per heavy atom. The molecule has 3 aromatic rings. The summed E-state index contributed by atoms with van der Waals surface area (Å²) in [5.41, 5.74) is 7.13. The second kappa shape index (κ2) is 70.6. The number of nitrogens with zero attached hydrogens (tertiary/aromatic N) is 8. The topological polar surface area (TPSA) is 657 Å². The van der Waals surface area contributed by atoms with E-state index in [9.17, 15) is 84.3 Å². The number of likely N-dealkylation sites (tertiary alicyclic amines) is 1. The molecule has 3 heterocycles. The zero-order valence-corrected chi connectivity index (χ0v) is 88.8. The summed E-state index contributed by atoms with van der Waals surface area (Å²) < 4.78 is 65.4. The molecule has 48 nitrogen and oxygen atoms in total. The van der Waals surface area contributed by atoms with Gasteiger partial charge in [0.05, 0.1) is 198 Å². The number of likely N-dealkylation sites (N-methyl/N-ethyl adjacent to an activating group) is 2. The van der Waals surface area contributed by atoms with E-state index < -0.39 is 219 Å². The zero-order chi connectivity index (χ0) is 110. The molecule has 21 atom stereocenters. The van der Waals surface area contributed by atoms with E-state index in [0.29, 0.717) is 94.9 Å². The first-order valence-electron chi connectivity index (χ1n) is 51.4. The lowest BCUT2D eigenvalue weighted by molar-refractivity contribution is -0.148. The molecule has 2 aliphatic rings. The van der Waals surface area contributed by atoms with Crippen molar-refractivity contribution >= 4 is 71.0 Å². The van der Waals surface area contributed by atoms with Gasteiger partial charge in [0.2, 0.25) is 41.4 Å². The number of anilines is 1. The zero-order valence-electron chi connectivity index (χ0n) is 88.8. The molecule has 0 bridgehead atoms. The lowest BCUT2D eigenvalue weighted by Crippen LogP contribution is -2.60. The number of unbranched alkanes of at least 4 members (excludes halogenated alkanes) is 2. The smallest absolute Gasteiger partial charge is 0.410 e. The number of nitrogens with two attached hydrogens (primary N) is 1. The van der Waals surface area contributed by atoms with Crippen molar-refractivity contribution in [1.29, 1.82) is 0 Å². The number of nitrogens with one attached hydrogen (secondary N) is 6. The Hall–Kier alpha value is -9.59. The number of carbonyl (C=O) groups excluding carboxylic acids is 11. The van der Waals surface area contributed by atoms with Gasteiger partial charge in [-0.25, -0.2) is 14.3 Å². The lowest BCUT2D eigenvalue weighted by atomic mass is 9.89. The number of ether oxygens (including phenoxy) is 11. The second-order valence-corrected chi connectivity index (χ2v) is 38.4. The maximum atomic E-state index is 15.3. The molecule has 149 heavy (non-hydrogen) atoms. The van der Waals surface area contributed by atoms with Gasteiger partial charge < -0.3 is 156 Å². The quantitative estimate of drug-likeness (QED) is 0.0232. The lowest BCUT2D eigenvalue weighted by Gasteiger charge is -2.41. The Labute approximate surface area is 873 Å². The molecule has 1 aromatic heterocycles. The number of hydrogen-bond donors (Lipinski definition) is 18. The molecular formula is C101H169N15O33. The number of benzene rings is 2. The van der Waals surface area contributed by atoms with Crippen molar-refractivity contribution in [2.75, 3.05) is 192 Å². The molecule has 846 valence electrons. The standard InChI is InChI=1S/C101H169N15O33/c1-15-66(8)88(80(139-13)57-84(126)114-37-23-27-74(114)94(140-14)67(9)95(132)105-68(10)89(127)70-24-18-16-19-25-70)111(11)99(136)86(64(4)5)109-98(135)87(65(6)7)112(12)101(138)149-79(69-29-31-71(32-30-69)106-96(133)73(26-22-35-103-100(102)137)107-97(134)85(63(2)3)108-81(123)28-20-17-21-36-115-82(124)33-34-83(115)125)56-72-58-104-110-116(72)39-41-142-43-45-144-47-49-146-51-53-148-55-54-147-52-50-145-48-46-143-44-42-141-40-38-113(59-75(119)90(128)92(130)77(121)61-117)60-76(120)91(129)93(131)78(122)62-118/h16,18-19,24-25,29-34,58,63-68,73-80,85-94,117-122,127-131H,15,17,20-23,26-28,35-57,59-62H2,1-14H3,(H,105,132)(H,106,133)(H,107,134)(H,108,123)(H,109,135)(H3,102,103,137)/t66-,67+,68+,73-,74-,75+,76+,77-,78-,79?,80?,85-,86-,87-,88-,89+,90-,91+,92-,93+,94+/m0/s1. The summed E-state index contributed by atoms with van der Waals surface area (Å²) in [6.07, 6.45) is -12.3. The van der Waals surface area contributed by atoms with Gasteiger partial charge in [0.1, 0.15) is 66.9 Å². The third kappa shape index (κ3) is 44.9. The van der Waals surface area contributed by atoms with Crippen LogP contribution in [0.1, 0.15) is 162 Å². The molecular weight excluding hydrogens is 1950 g/mol. The Morgan fingerprint density at radius 2 is 1.07 bits per heavy atom. The molecule has 0 spiro atoms. The molecule has 0 aliphatic carbocycles. The van der Waals surface area contributed by atoms with Gasteiger partial charge in [0, 0.05) is 98.3 Å². The third-order valence-electron chi connectivity index (χ3n) is 26.2. The third-order valence-corrected chi connectivity index (χ3v) is 26.2. The average Bonchev–Trinajstić information content (AvgIpc) is 1.72. The normalized spacial score (nSPS) is 17.4. The van der Waals surface area contributed by atoms with Gasteiger partial charge >= 0.3 is 12.1 Å². The number of carbonyl (C=O) groups is 11. The molecule has 2 aliphatic heterocycles. The summed E-state index contributed by atoms with van der Waals surface area (Å²) >= 11 is 0. The largest absolute Gasteiger partial charge is 0.441 e. The predicted molar refractivity (Wildman–Crippen MR) is 541 cm³/mol. The van der Waals surface area contributed by atoms with Crippen LogP contribution in [0.2, 0.25) is 0 Å². The molecule has 2 unspecified atom stereocenters. The van der Waals surface area contributed by atoms with Gasteiger partial charge in [-0.1, -0.05) is 123 Å². The van der Waals surface area contributed by atoms with Gasteiger partial charge in [-0.05, 0) is 92.4 Å². The van der Waals surface area contributed by atoms with Crippen molar-refractivity contribution in [3.05, 3.63) is 89.8 Å². The summed E-state index contributed by atoms with van der Waals surface area (Å²) in [6, 6.07) is 7.96. The van der Waals surface area contributed by atoms with Crippen molar-refractivity contribution in [2.45, 2.75) is 262 Å². The number of amides is 12. The molecule has 1 fully saturated rings. The number of aromatic nitrogens is 3. The second-order valence-electron chi connectivity index (χ2n) is 38.4. The van der Waals surface area contributed by atoms with Crippen LogP contribution in [-0.2, 0) is 108 Å². The van der Waals surface area contributed by atoms with Gasteiger partial charge in [-0.2, -0.15) is 0 Å². The fraction of sp³-hybridized carbons (Fsp3) is 0.733. The number of urea groups is 1. The highest BCUT2D eigenvalue weighted by atomic mass is 16.6. The molecule has 1 saturated heterocycles. The monoisotopic (exact) mass is 2120 g/mol. The van der Waals surface area contributed by atoms with Crippen LogP contribution in [-0.4, -0.2) is 451 Å². The summed E-state index contributed by atoms with van der Waals surface area (Å²) in [7, 11) is 6.00. The van der Waals surface area contributed by atoms with Gasteiger partial charge in [0.25, 0.3) is 11.8 Å². The van der Waals surface area contributed by atoms with Crippen LogP contribution in [0.4, 0.5) is 15.3 Å². The first-order valence-corrected chi connectivity index (χ1v) is 51.4. The SMILES string of the molecule is CC[C@H](C)[C@@H](C(CC(=O)N1CCC[C@H]1[C@H](OC)[C@@H](C)C(=O)N[C@H](C)[C@@H](O)c1ccccc1)OC)N(C)C(=O)[C@@H](NC(=O)[C@H](C(C)C)N(C)C(=O)OC(Cc1cnnn1CCOCCOCCOCCOCCOCCOCCOCCOCCN(C[C@@H](O)[C@H](O)[C@@H](O)[C@@H](O)CO)C[C@@H](O)[C@@H](O)[C@H](O)[C@@H](O)CO)c1ccc(NC(=O)[C@H](CCCNC(N)=O)NC(=O)[C@@H](NC(=O)CCCCCN2C(=O)C=CC2=O)C(C)C)cc1)C(C)C. The molecule has 2 aromatic carbocycles. The Balaban J connectivity index is 1.19. The highest BCUT2D eigenvalue weighted by Gasteiger charge is 2.46. The summed E-state index contributed by atoms with van der Waals surface area (Å²) in [5, 5.41) is 136. The van der Waals surface area contributed by atoms with Crippen LogP contribution in [0.15, 0.2) is 72.9 Å². The van der Waals surface area contributed by atoms with Gasteiger partial charge in [0.15, 0.2) is 0 Å². The molecule has 19 N–H and O–H groups in total. The number of aliphatic hydroxyl groups excluding tert-OH is 11. The van der Waals surface area contributed by atoms with E-state index in [2.05, 4.69) is 42.2 Å². The Morgan fingerprint density at radius 1 is 0.550 bits per heavy atom. The minimum atomic E-state index is -1.92. The van der Waals surface area contributed by atoms with E-state index in [1.165, 1.54) is 49.4 Å². The van der Waals surface area contributed by atoms with Crippen molar-refractivity contribution in [3.8, 4) is 0 Å². The molecule has 5 rings (SSSR count). The average molecular weight is 2120 g/mol. The fourth-order valence-corrected chi connectivity index (χ4v) is 17.3. The Kier molecular flexibility index (Phi) is 61.5. The summed E-state index contributed by atoms with van der Waals surface area (Å²) in [4.78, 5) is 159. The van der Waals surface area contributed by atoms with Crippen molar-refractivity contribution in [1.82, 2.24) is 66.1 Å². The number of aliphatic hydroxyl groups is 11. The van der Waals surface area contributed by atoms with Crippen LogP contribution in [0.5, 0.6) is 0 Å². The van der Waals surface area contributed by atoms with E-state index >= 15 is 14.4 Å². The van der Waals surface area contributed by atoms with E-state index in [-0.39, 0.29) is 154 Å². The summed E-state index contributed by atoms with van der Waals surface area (Å²) in [6.45, 7) is 19.6. The number of imide groups is 1. The molecule has 12 amide bonds. The number of rotatable bonds is 79. The van der Waals surface area contributed by atoms with Crippen LogP contribution in [0.25, 0.3) is 0 Å². The predicted octanol–water partition coefficient (Wildman–Crippen LogP) is -1.24.